The fourth-order valence-corrected chi connectivity index (χ4v) is 4.83. The summed E-state index contributed by atoms with van der Waals surface area (Å²) in [5.74, 6) is -0.529. The third kappa shape index (κ3) is 4.46. The first-order chi connectivity index (χ1) is 17.0. The molecule has 1 atom stereocenters. The summed E-state index contributed by atoms with van der Waals surface area (Å²) in [4.78, 5) is 35.8. The molecule has 3 heterocycles. The van der Waals surface area contributed by atoms with Gasteiger partial charge in [-0.25, -0.2) is 4.98 Å². The molecule has 7 heteroatoms. The molecule has 4 aromatic rings. The molecule has 6 nitrogen and oxygen atoms in total. The van der Waals surface area contributed by atoms with Gasteiger partial charge in [-0.2, -0.15) is 0 Å². The van der Waals surface area contributed by atoms with Crippen molar-refractivity contribution >= 4 is 39.2 Å². The highest BCUT2D eigenvalue weighted by atomic mass is 32.1. The van der Waals surface area contributed by atoms with Crippen LogP contribution in [-0.2, 0) is 11.3 Å². The number of hydrogen-bond donors (Lipinski definition) is 2. The molecule has 0 bridgehead atoms. The second-order valence-corrected chi connectivity index (χ2v) is 9.17. The average Bonchev–Trinajstić information content (AvgIpc) is 3.60. The van der Waals surface area contributed by atoms with Gasteiger partial charge in [0.05, 0.1) is 0 Å². The maximum Gasteiger partial charge on any atom is 0.255 e. The van der Waals surface area contributed by atoms with Gasteiger partial charge in [-0.15, -0.1) is 11.3 Å². The maximum absolute atomic E-state index is 13.6. The van der Waals surface area contributed by atoms with E-state index in [0.29, 0.717) is 22.8 Å². The van der Waals surface area contributed by atoms with E-state index in [1.807, 2.05) is 67.7 Å². The van der Waals surface area contributed by atoms with Gasteiger partial charge >= 0.3 is 0 Å². The Bertz CT molecular complexity index is 1480. The number of anilines is 1. The van der Waals surface area contributed by atoms with Gasteiger partial charge in [-0.05, 0) is 58.8 Å². The number of hydrogen-bond acceptors (Lipinski definition) is 4. The van der Waals surface area contributed by atoms with Crippen LogP contribution < -0.4 is 5.32 Å². The van der Waals surface area contributed by atoms with Crippen LogP contribution in [0.2, 0.25) is 0 Å². The van der Waals surface area contributed by atoms with Crippen molar-refractivity contribution in [3.63, 3.8) is 0 Å². The lowest BCUT2D eigenvalue weighted by Crippen LogP contribution is -2.45. The highest BCUT2D eigenvalue weighted by Crippen LogP contribution is 2.32. The van der Waals surface area contributed by atoms with E-state index < -0.39 is 6.04 Å². The van der Waals surface area contributed by atoms with E-state index in [-0.39, 0.29) is 11.8 Å². The lowest BCUT2D eigenvalue weighted by atomic mass is 9.99. The average molecular weight is 481 g/mol. The molecular formula is C28H24N4O2S. The Morgan fingerprint density at radius 1 is 1.20 bits per heavy atom. The summed E-state index contributed by atoms with van der Waals surface area (Å²) in [7, 11) is 0. The Hall–Kier alpha value is -4.23. The highest BCUT2D eigenvalue weighted by Gasteiger charge is 2.37. The summed E-state index contributed by atoms with van der Waals surface area (Å²) in [5.41, 5.74) is 5.07. The molecular weight excluding hydrogens is 456 g/mol. The number of nitrogens with zero attached hydrogens (tertiary/aromatic N) is 2. The number of aromatic amines is 1. The highest BCUT2D eigenvalue weighted by molar-refractivity contribution is 7.13. The van der Waals surface area contributed by atoms with Crippen LogP contribution in [0.15, 0.2) is 96.7 Å². The Balaban J connectivity index is 1.46. The van der Waals surface area contributed by atoms with Gasteiger partial charge in [0.15, 0.2) is 5.13 Å². The van der Waals surface area contributed by atoms with Gasteiger partial charge in [0.2, 0.25) is 0 Å². The van der Waals surface area contributed by atoms with Crippen molar-refractivity contribution in [1.29, 1.82) is 0 Å². The first-order valence-corrected chi connectivity index (χ1v) is 12.1. The number of allylic oxidation sites excluding steroid dienone is 3. The molecule has 1 aliphatic rings. The molecule has 2 N–H and O–H groups in total. The molecule has 0 aliphatic carbocycles. The van der Waals surface area contributed by atoms with Crippen LogP contribution in [0.25, 0.3) is 22.0 Å². The van der Waals surface area contributed by atoms with Crippen LogP contribution >= 0.6 is 11.3 Å². The minimum Gasteiger partial charge on any atom is -0.361 e. The van der Waals surface area contributed by atoms with Gasteiger partial charge in [0.25, 0.3) is 11.8 Å². The number of rotatable bonds is 7. The minimum absolute atomic E-state index is 0.190. The molecule has 2 aromatic carbocycles. The van der Waals surface area contributed by atoms with Crippen molar-refractivity contribution in [3.05, 3.63) is 108 Å². The number of amides is 2. The number of carbonyl (C=O) groups is 2. The molecule has 0 radical (unpaired) electrons. The molecule has 2 aromatic heterocycles. The number of nitrogens with one attached hydrogen (secondary N) is 2. The second kappa shape index (κ2) is 9.56. The van der Waals surface area contributed by atoms with Crippen LogP contribution in [0, 0.1) is 0 Å². The van der Waals surface area contributed by atoms with Crippen LogP contribution in [0.3, 0.4) is 0 Å². The van der Waals surface area contributed by atoms with Crippen molar-refractivity contribution < 1.29 is 9.59 Å². The van der Waals surface area contributed by atoms with E-state index in [9.17, 15) is 9.59 Å². The Morgan fingerprint density at radius 2 is 2.03 bits per heavy atom. The van der Waals surface area contributed by atoms with Crippen LogP contribution in [0.1, 0.15) is 22.8 Å². The van der Waals surface area contributed by atoms with Crippen molar-refractivity contribution in [2.75, 3.05) is 5.32 Å². The summed E-state index contributed by atoms with van der Waals surface area (Å²) >= 11 is 1.33. The number of thiazole rings is 1. The van der Waals surface area contributed by atoms with E-state index in [1.54, 1.807) is 22.6 Å². The standard InChI is InChI=1S/C28H24N4O2S/c1-3-4-5-6-18(2)25(26(33)31-28-30-13-14-35-28)32-17-22-8-7-20(16-23(22)27(32)34)19-9-10-24-21(15-19)11-12-29-24/h3-16,25,29H,2,17H2,1H3,(H,30,31,33)/b4-3-,6-5-/t25-/m0/s1. The third-order valence-electron chi connectivity index (χ3n) is 6.02. The molecule has 0 saturated carbocycles. The minimum atomic E-state index is -0.861. The van der Waals surface area contributed by atoms with Gasteiger partial charge < -0.3 is 9.88 Å². The first kappa shape index (κ1) is 22.6. The molecule has 2 amide bonds. The largest absolute Gasteiger partial charge is 0.361 e. The van der Waals surface area contributed by atoms with Crippen LogP contribution in [0.4, 0.5) is 5.13 Å². The van der Waals surface area contributed by atoms with Crippen molar-refractivity contribution in [2.45, 2.75) is 19.5 Å². The van der Waals surface area contributed by atoms with Crippen LogP contribution in [-0.4, -0.2) is 32.7 Å². The number of H-pyrrole nitrogens is 1. The van der Waals surface area contributed by atoms with E-state index in [4.69, 9.17) is 0 Å². The maximum atomic E-state index is 13.6. The Kier molecular flexibility index (Phi) is 6.16. The number of benzene rings is 2. The van der Waals surface area contributed by atoms with Crippen molar-refractivity contribution in [3.8, 4) is 11.1 Å². The summed E-state index contributed by atoms with van der Waals surface area (Å²) < 4.78 is 0. The zero-order valence-electron chi connectivity index (χ0n) is 19.2. The predicted octanol–water partition coefficient (Wildman–Crippen LogP) is 5.94. The van der Waals surface area contributed by atoms with Crippen LogP contribution in [0.5, 0.6) is 0 Å². The molecule has 0 spiro atoms. The predicted molar refractivity (Wildman–Crippen MR) is 141 cm³/mol. The Morgan fingerprint density at radius 3 is 2.83 bits per heavy atom. The van der Waals surface area contributed by atoms with Gasteiger partial charge in [-0.3, -0.25) is 14.9 Å². The quantitative estimate of drug-likeness (QED) is 0.321. The normalized spacial score (nSPS) is 14.2. The molecule has 1 aliphatic heterocycles. The lowest BCUT2D eigenvalue weighted by molar-refractivity contribution is -0.119. The number of carbonyl (C=O) groups excluding carboxylic acids is 2. The van der Waals surface area contributed by atoms with E-state index in [2.05, 4.69) is 27.9 Å². The Labute approximate surface area is 207 Å². The molecule has 174 valence electrons. The zero-order chi connectivity index (χ0) is 24.4. The molecule has 35 heavy (non-hydrogen) atoms. The summed E-state index contributed by atoms with van der Waals surface area (Å²) in [6.07, 6.45) is 10.9. The second-order valence-electron chi connectivity index (χ2n) is 8.27. The third-order valence-corrected chi connectivity index (χ3v) is 6.70. The fraction of sp³-hybridized carbons (Fsp3) is 0.107. The SMILES string of the molecule is C=C(/C=C\C=C/C)[C@@H](C(=O)Nc1nccs1)N1Cc2ccc(-c3ccc4[nH]ccc4c3)cc2C1=O. The smallest absolute Gasteiger partial charge is 0.255 e. The number of aromatic nitrogens is 2. The summed E-state index contributed by atoms with van der Waals surface area (Å²) in [6.45, 7) is 6.35. The monoisotopic (exact) mass is 480 g/mol. The molecule has 0 saturated heterocycles. The lowest BCUT2D eigenvalue weighted by Gasteiger charge is -2.27. The van der Waals surface area contributed by atoms with Crippen molar-refractivity contribution in [2.24, 2.45) is 0 Å². The van der Waals surface area contributed by atoms with Crippen molar-refractivity contribution in [1.82, 2.24) is 14.9 Å². The fourth-order valence-electron chi connectivity index (χ4n) is 4.29. The van der Waals surface area contributed by atoms with E-state index in [0.717, 1.165) is 27.6 Å². The molecule has 0 fully saturated rings. The van der Waals surface area contributed by atoms with Gasteiger partial charge in [0, 0.05) is 35.4 Å². The zero-order valence-corrected chi connectivity index (χ0v) is 20.0. The topological polar surface area (TPSA) is 78.1 Å². The first-order valence-electron chi connectivity index (χ1n) is 11.2. The molecule has 0 unspecified atom stereocenters. The van der Waals surface area contributed by atoms with Gasteiger partial charge in [0.1, 0.15) is 6.04 Å². The molecule has 5 rings (SSSR count). The van der Waals surface area contributed by atoms with E-state index >= 15 is 0 Å². The van der Waals surface area contributed by atoms with E-state index in [1.165, 1.54) is 11.3 Å². The summed E-state index contributed by atoms with van der Waals surface area (Å²) in [5, 5.41) is 6.21. The van der Waals surface area contributed by atoms with Gasteiger partial charge in [-0.1, -0.05) is 49.1 Å². The number of fused-ring (bicyclic) bond motifs is 2. The summed E-state index contributed by atoms with van der Waals surface area (Å²) in [6, 6.07) is 13.2.